The molecule has 2 aromatic carbocycles. The summed E-state index contributed by atoms with van der Waals surface area (Å²) in [6.07, 6.45) is 0. The molecule has 0 spiro atoms. The van der Waals surface area contributed by atoms with Crippen molar-refractivity contribution in [2.75, 3.05) is 0 Å². The van der Waals surface area contributed by atoms with Gasteiger partial charge in [0.2, 0.25) is 14.7 Å². The van der Waals surface area contributed by atoms with E-state index in [4.69, 9.17) is 20.6 Å². The van der Waals surface area contributed by atoms with E-state index in [1.807, 2.05) is 60.7 Å². The minimum atomic E-state index is -0.932. The number of para-hydroxylation sites is 2. The van der Waals surface area contributed by atoms with Gasteiger partial charge in [0.25, 0.3) is 0 Å². The van der Waals surface area contributed by atoms with Crippen LogP contribution in [0, 0.1) is 0 Å². The van der Waals surface area contributed by atoms with Crippen molar-refractivity contribution in [3.05, 3.63) is 60.7 Å². The highest BCUT2D eigenvalue weighted by Crippen LogP contribution is 2.15. The van der Waals surface area contributed by atoms with Gasteiger partial charge in [0.15, 0.2) is 0 Å². The first-order chi connectivity index (χ1) is 8.38. The van der Waals surface area contributed by atoms with Gasteiger partial charge in [0, 0.05) is 0 Å². The van der Waals surface area contributed by atoms with Crippen molar-refractivity contribution in [3.8, 4) is 11.5 Å². The zero-order chi connectivity index (χ0) is 11.9. The second-order valence-electron chi connectivity index (χ2n) is 3.45. The SMILES string of the molecule is Cl[SiH2]C(Oc1ccccc1)Oc1ccccc1. The molecule has 0 aliphatic rings. The van der Waals surface area contributed by atoms with E-state index in [2.05, 4.69) is 0 Å². The van der Waals surface area contributed by atoms with Gasteiger partial charge < -0.3 is 9.47 Å². The van der Waals surface area contributed by atoms with Crippen molar-refractivity contribution >= 4 is 19.9 Å². The summed E-state index contributed by atoms with van der Waals surface area (Å²) in [7, 11) is -0.932. The van der Waals surface area contributed by atoms with E-state index >= 15 is 0 Å². The predicted octanol–water partition coefficient (Wildman–Crippen LogP) is 2.75. The number of hydrogen-bond acceptors (Lipinski definition) is 2. The molecule has 17 heavy (non-hydrogen) atoms. The zero-order valence-corrected chi connectivity index (χ0v) is 11.4. The first-order valence-electron chi connectivity index (χ1n) is 5.38. The van der Waals surface area contributed by atoms with Crippen molar-refractivity contribution in [1.29, 1.82) is 0 Å². The van der Waals surface area contributed by atoms with Gasteiger partial charge in [0.05, 0.1) is 0 Å². The van der Waals surface area contributed by atoms with E-state index in [0.717, 1.165) is 11.5 Å². The molecule has 0 amide bonds. The van der Waals surface area contributed by atoms with E-state index < -0.39 is 8.83 Å². The molecule has 0 aliphatic carbocycles. The molecule has 88 valence electrons. The number of halogens is 1. The number of hydrogen-bond donors (Lipinski definition) is 0. The van der Waals surface area contributed by atoms with Crippen molar-refractivity contribution in [2.24, 2.45) is 0 Å². The van der Waals surface area contributed by atoms with Crippen LogP contribution >= 0.6 is 11.1 Å². The second-order valence-corrected chi connectivity index (χ2v) is 5.35. The number of rotatable bonds is 5. The molecule has 0 heterocycles. The maximum atomic E-state index is 5.96. The zero-order valence-electron chi connectivity index (χ0n) is 9.25. The van der Waals surface area contributed by atoms with E-state index in [-0.39, 0.29) is 5.91 Å². The first kappa shape index (κ1) is 12.0. The Morgan fingerprint density at radius 2 is 1.18 bits per heavy atom. The normalized spacial score (nSPS) is 10.9. The average Bonchev–Trinajstić information content (AvgIpc) is 2.40. The van der Waals surface area contributed by atoms with E-state index in [0.29, 0.717) is 0 Å². The standard InChI is InChI=1S/C13H13ClO2Si/c14-17-13(15-11-7-3-1-4-8-11)16-12-9-5-2-6-10-12/h1-10,13H,17H2. The molecular weight excluding hydrogens is 252 g/mol. The van der Waals surface area contributed by atoms with Gasteiger partial charge in [-0.2, -0.15) is 11.1 Å². The fourth-order valence-electron chi connectivity index (χ4n) is 1.39. The molecule has 0 aliphatic heterocycles. The van der Waals surface area contributed by atoms with Gasteiger partial charge in [-0.25, -0.2) is 0 Å². The molecule has 0 unspecified atom stereocenters. The van der Waals surface area contributed by atoms with Crippen LogP contribution in [0.3, 0.4) is 0 Å². The highest BCUT2D eigenvalue weighted by molar-refractivity contribution is 6.94. The predicted molar refractivity (Wildman–Crippen MR) is 72.3 cm³/mol. The molecule has 4 heteroatoms. The average molecular weight is 265 g/mol. The van der Waals surface area contributed by atoms with Crippen LogP contribution in [0.5, 0.6) is 11.5 Å². The lowest BCUT2D eigenvalue weighted by molar-refractivity contribution is 0.0755. The molecule has 0 fully saturated rings. The van der Waals surface area contributed by atoms with Crippen LogP contribution in [-0.2, 0) is 0 Å². The lowest BCUT2D eigenvalue weighted by Crippen LogP contribution is -2.28. The molecule has 2 nitrogen and oxygen atoms in total. The van der Waals surface area contributed by atoms with Crippen molar-refractivity contribution in [1.82, 2.24) is 0 Å². The third-order valence-electron chi connectivity index (χ3n) is 2.15. The molecule has 0 radical (unpaired) electrons. The molecule has 0 aromatic heterocycles. The molecule has 0 N–H and O–H groups in total. The first-order valence-corrected chi connectivity index (χ1v) is 8.33. The molecule has 2 aromatic rings. The third-order valence-corrected chi connectivity index (χ3v) is 3.49. The van der Waals surface area contributed by atoms with Crippen molar-refractivity contribution < 1.29 is 9.47 Å². The van der Waals surface area contributed by atoms with Gasteiger partial charge in [-0.3, -0.25) is 0 Å². The Hall–Kier alpha value is -1.45. The van der Waals surface area contributed by atoms with E-state index in [1.165, 1.54) is 0 Å². The quantitative estimate of drug-likeness (QED) is 0.470. The molecular formula is C13H13ClO2Si. The van der Waals surface area contributed by atoms with Crippen LogP contribution in [0.4, 0.5) is 0 Å². The Balaban J connectivity index is 1.98. The summed E-state index contributed by atoms with van der Waals surface area (Å²) >= 11 is 5.96. The Kier molecular flexibility index (Phi) is 4.47. The summed E-state index contributed by atoms with van der Waals surface area (Å²) in [6.45, 7) is 0. The summed E-state index contributed by atoms with van der Waals surface area (Å²) < 4.78 is 11.4. The van der Waals surface area contributed by atoms with Crippen molar-refractivity contribution in [3.63, 3.8) is 0 Å². The molecule has 0 atom stereocenters. The molecule has 0 saturated heterocycles. The lowest BCUT2D eigenvalue weighted by atomic mass is 10.3. The lowest BCUT2D eigenvalue weighted by Gasteiger charge is -2.18. The second kappa shape index (κ2) is 6.32. The van der Waals surface area contributed by atoms with Crippen molar-refractivity contribution in [2.45, 2.75) is 5.91 Å². The highest BCUT2D eigenvalue weighted by Gasteiger charge is 2.10. The third kappa shape index (κ3) is 3.80. The van der Waals surface area contributed by atoms with Gasteiger partial charge in [-0.1, -0.05) is 36.4 Å². The minimum Gasteiger partial charge on any atom is -0.458 e. The van der Waals surface area contributed by atoms with Gasteiger partial charge in [0.1, 0.15) is 11.5 Å². The van der Waals surface area contributed by atoms with Gasteiger partial charge in [-0.15, -0.1) is 0 Å². The summed E-state index contributed by atoms with van der Waals surface area (Å²) in [5.41, 5.74) is 0. The van der Waals surface area contributed by atoms with Crippen LogP contribution in [-0.4, -0.2) is 14.7 Å². The highest BCUT2D eigenvalue weighted by atomic mass is 35.6. The van der Waals surface area contributed by atoms with Crippen LogP contribution in [0.25, 0.3) is 0 Å². The van der Waals surface area contributed by atoms with E-state index in [1.54, 1.807) is 0 Å². The van der Waals surface area contributed by atoms with Crippen LogP contribution in [0.1, 0.15) is 0 Å². The Morgan fingerprint density at radius 3 is 1.53 bits per heavy atom. The van der Waals surface area contributed by atoms with Crippen LogP contribution in [0.15, 0.2) is 60.7 Å². The summed E-state index contributed by atoms with van der Waals surface area (Å²) in [4.78, 5) is 0. The number of ether oxygens (including phenoxy) is 2. The number of benzene rings is 2. The fourth-order valence-corrected chi connectivity index (χ4v) is 2.28. The molecule has 0 saturated carbocycles. The Morgan fingerprint density at radius 1 is 0.765 bits per heavy atom. The van der Waals surface area contributed by atoms with Gasteiger partial charge >= 0.3 is 0 Å². The summed E-state index contributed by atoms with van der Waals surface area (Å²) in [6, 6.07) is 19.1. The summed E-state index contributed by atoms with van der Waals surface area (Å²) in [5.74, 6) is 1.21. The van der Waals surface area contributed by atoms with E-state index in [9.17, 15) is 0 Å². The van der Waals surface area contributed by atoms with Crippen LogP contribution < -0.4 is 9.47 Å². The minimum absolute atomic E-state index is 0.346. The van der Waals surface area contributed by atoms with Gasteiger partial charge in [-0.05, 0) is 24.3 Å². The topological polar surface area (TPSA) is 18.5 Å². The molecule has 2 rings (SSSR count). The fraction of sp³-hybridized carbons (Fsp3) is 0.0769. The Labute approximate surface area is 108 Å². The maximum absolute atomic E-state index is 5.96. The monoisotopic (exact) mass is 264 g/mol. The van der Waals surface area contributed by atoms with Crippen LogP contribution in [0.2, 0.25) is 0 Å². The Bertz CT molecular complexity index is 394. The molecule has 0 bridgehead atoms. The maximum Gasteiger partial charge on any atom is 0.229 e. The largest absolute Gasteiger partial charge is 0.458 e. The smallest absolute Gasteiger partial charge is 0.229 e. The summed E-state index contributed by atoms with van der Waals surface area (Å²) in [5, 5.41) is 0.